The first kappa shape index (κ1) is 10.6. The van der Waals surface area contributed by atoms with Crippen LogP contribution >= 0.6 is 11.6 Å². The molecule has 0 saturated heterocycles. The lowest BCUT2D eigenvalue weighted by atomic mass is 9.93. The molecule has 0 nitrogen and oxygen atoms in total. The van der Waals surface area contributed by atoms with Crippen molar-refractivity contribution in [3.63, 3.8) is 0 Å². The third kappa shape index (κ3) is 1.52. The van der Waals surface area contributed by atoms with Crippen LogP contribution in [-0.4, -0.2) is 0 Å². The third-order valence-corrected chi connectivity index (χ3v) is 3.56. The second-order valence-electron chi connectivity index (χ2n) is 4.18. The van der Waals surface area contributed by atoms with Gasteiger partial charge in [0.05, 0.1) is 0 Å². The minimum atomic E-state index is 0.529. The van der Waals surface area contributed by atoms with Crippen molar-refractivity contribution >= 4 is 33.1 Å². The highest BCUT2D eigenvalue weighted by Gasteiger charge is 2.09. The van der Waals surface area contributed by atoms with Gasteiger partial charge in [-0.15, -0.1) is 11.6 Å². The average Bonchev–Trinajstić information content (AvgIpc) is 2.40. The minimum absolute atomic E-state index is 0.529. The summed E-state index contributed by atoms with van der Waals surface area (Å²) in [7, 11) is 0. The number of hydrogen-bond donors (Lipinski definition) is 0. The topological polar surface area (TPSA) is 0 Å². The average molecular weight is 240 g/mol. The van der Waals surface area contributed by atoms with Crippen LogP contribution in [0.25, 0.3) is 21.5 Å². The Balaban J connectivity index is 2.63. The van der Waals surface area contributed by atoms with Crippen LogP contribution in [0.15, 0.2) is 48.5 Å². The van der Waals surface area contributed by atoms with Crippen molar-refractivity contribution in [1.82, 2.24) is 0 Å². The first-order valence-corrected chi connectivity index (χ1v) is 6.16. The Morgan fingerprint density at radius 1 is 0.765 bits per heavy atom. The van der Waals surface area contributed by atoms with Crippen molar-refractivity contribution in [3.05, 3.63) is 66.6 Å². The van der Waals surface area contributed by atoms with Crippen LogP contribution < -0.4 is 0 Å². The van der Waals surface area contributed by atoms with E-state index < -0.39 is 0 Å². The number of halogens is 1. The van der Waals surface area contributed by atoms with Gasteiger partial charge in [0.2, 0.25) is 0 Å². The summed E-state index contributed by atoms with van der Waals surface area (Å²) in [5.41, 5.74) is 2.29. The molecule has 0 N–H and O–H groups in total. The molecule has 3 aromatic carbocycles. The van der Waals surface area contributed by atoms with E-state index in [0.717, 1.165) is 5.56 Å². The summed E-state index contributed by atoms with van der Waals surface area (Å²) in [5, 5.41) is 4.82. The molecule has 0 fully saturated rings. The lowest BCUT2D eigenvalue weighted by molar-refractivity contribution is 1.49. The predicted octanol–water partition coefficient (Wildman–Crippen LogP) is 4.91. The van der Waals surface area contributed by atoms with Crippen LogP contribution in [0.3, 0.4) is 0 Å². The van der Waals surface area contributed by atoms with Crippen LogP contribution in [0.1, 0.15) is 11.1 Å². The van der Waals surface area contributed by atoms with Gasteiger partial charge in [0.1, 0.15) is 0 Å². The van der Waals surface area contributed by atoms with E-state index in [2.05, 4.69) is 31.2 Å². The maximum atomic E-state index is 6.12. The molecule has 0 aromatic heterocycles. The number of benzene rings is 3. The molecule has 0 aliphatic carbocycles. The van der Waals surface area contributed by atoms with E-state index >= 15 is 0 Å². The van der Waals surface area contributed by atoms with E-state index in [0.29, 0.717) is 5.88 Å². The zero-order valence-corrected chi connectivity index (χ0v) is 10.2. The molecule has 0 saturated carbocycles. The highest BCUT2D eigenvalue weighted by atomic mass is 35.5. The summed E-state index contributed by atoms with van der Waals surface area (Å²) in [6.45, 7) is 4.21. The zero-order chi connectivity index (χ0) is 11.8. The molecule has 0 bridgehead atoms. The molecule has 0 heterocycles. The summed E-state index contributed by atoms with van der Waals surface area (Å²) < 4.78 is 0. The first-order chi connectivity index (χ1) is 8.33. The quantitative estimate of drug-likeness (QED) is 0.418. The molecule has 3 rings (SSSR count). The number of rotatable bonds is 1. The lowest BCUT2D eigenvalue weighted by Gasteiger charge is -2.12. The number of fused-ring (bicyclic) bond motifs is 2. The maximum Gasteiger partial charge on any atom is 0.0486 e. The standard InChI is InChI=1S/C16H12Cl/c1-11-12-6-2-4-8-14(12)16(10-17)15-9-5-3-7-13(11)15/h2-9H,1,10H2. The van der Waals surface area contributed by atoms with E-state index in [-0.39, 0.29) is 0 Å². The molecule has 1 heteroatoms. The second-order valence-corrected chi connectivity index (χ2v) is 4.45. The highest BCUT2D eigenvalue weighted by Crippen LogP contribution is 2.32. The van der Waals surface area contributed by atoms with Crippen molar-refractivity contribution in [1.29, 1.82) is 0 Å². The van der Waals surface area contributed by atoms with Gasteiger partial charge in [-0.2, -0.15) is 0 Å². The molecular weight excluding hydrogens is 228 g/mol. The third-order valence-electron chi connectivity index (χ3n) is 3.29. The fourth-order valence-corrected chi connectivity index (χ4v) is 2.74. The molecule has 0 aliphatic rings. The number of alkyl halides is 1. The Kier molecular flexibility index (Phi) is 2.53. The smallest absolute Gasteiger partial charge is 0.0486 e. The van der Waals surface area contributed by atoms with Crippen molar-refractivity contribution in [2.24, 2.45) is 0 Å². The van der Waals surface area contributed by atoms with Gasteiger partial charge in [-0.25, -0.2) is 0 Å². The van der Waals surface area contributed by atoms with E-state index in [4.69, 9.17) is 11.6 Å². The molecule has 0 aliphatic heterocycles. The summed E-state index contributed by atoms with van der Waals surface area (Å²) >= 11 is 6.12. The van der Waals surface area contributed by atoms with Gasteiger partial charge in [-0.1, -0.05) is 48.5 Å². The zero-order valence-electron chi connectivity index (χ0n) is 9.41. The summed E-state index contributed by atoms with van der Waals surface area (Å²) in [5.74, 6) is 0.529. The molecule has 17 heavy (non-hydrogen) atoms. The predicted molar refractivity (Wildman–Crippen MR) is 75.5 cm³/mol. The maximum absolute atomic E-state index is 6.12. The van der Waals surface area contributed by atoms with Gasteiger partial charge in [-0.3, -0.25) is 0 Å². The SMILES string of the molecule is [CH2]c1c2ccccc2c(CCl)c2ccccc12. The van der Waals surface area contributed by atoms with E-state index in [1.165, 1.54) is 27.1 Å². The van der Waals surface area contributed by atoms with Gasteiger partial charge in [-0.05, 0) is 39.6 Å². The van der Waals surface area contributed by atoms with Crippen molar-refractivity contribution in [3.8, 4) is 0 Å². The van der Waals surface area contributed by atoms with Crippen LogP contribution in [0, 0.1) is 6.92 Å². The van der Waals surface area contributed by atoms with Crippen LogP contribution in [0.4, 0.5) is 0 Å². The Labute approximate surface area is 106 Å². The molecule has 3 aromatic rings. The van der Waals surface area contributed by atoms with Crippen molar-refractivity contribution < 1.29 is 0 Å². The van der Waals surface area contributed by atoms with Crippen molar-refractivity contribution in [2.45, 2.75) is 5.88 Å². The normalized spacial score (nSPS) is 11.2. The molecule has 0 amide bonds. The number of hydrogen-bond acceptors (Lipinski definition) is 0. The molecule has 0 unspecified atom stereocenters. The van der Waals surface area contributed by atoms with Crippen molar-refractivity contribution in [2.75, 3.05) is 0 Å². The Hall–Kier alpha value is -1.53. The summed E-state index contributed by atoms with van der Waals surface area (Å²) in [6.07, 6.45) is 0. The molecule has 0 spiro atoms. The largest absolute Gasteiger partial charge is 0.122 e. The van der Waals surface area contributed by atoms with Gasteiger partial charge in [0.25, 0.3) is 0 Å². The minimum Gasteiger partial charge on any atom is -0.122 e. The molecule has 1 radical (unpaired) electrons. The molecule has 83 valence electrons. The van der Waals surface area contributed by atoms with E-state index in [1.54, 1.807) is 0 Å². The summed E-state index contributed by atoms with van der Waals surface area (Å²) in [6, 6.07) is 16.6. The van der Waals surface area contributed by atoms with E-state index in [1.807, 2.05) is 24.3 Å². The Morgan fingerprint density at radius 3 is 1.59 bits per heavy atom. The summed E-state index contributed by atoms with van der Waals surface area (Å²) in [4.78, 5) is 0. The van der Waals surface area contributed by atoms with Crippen LogP contribution in [0.5, 0.6) is 0 Å². The Morgan fingerprint density at radius 2 is 1.18 bits per heavy atom. The molecule has 0 atom stereocenters. The fourth-order valence-electron chi connectivity index (χ4n) is 2.45. The lowest BCUT2D eigenvalue weighted by Crippen LogP contribution is -1.89. The van der Waals surface area contributed by atoms with Crippen LogP contribution in [-0.2, 0) is 5.88 Å². The highest BCUT2D eigenvalue weighted by molar-refractivity contribution is 6.20. The van der Waals surface area contributed by atoms with Gasteiger partial charge in [0, 0.05) is 5.88 Å². The van der Waals surface area contributed by atoms with Gasteiger partial charge in [0.15, 0.2) is 0 Å². The fraction of sp³-hybridized carbons (Fsp3) is 0.0625. The van der Waals surface area contributed by atoms with E-state index in [9.17, 15) is 0 Å². The van der Waals surface area contributed by atoms with Crippen LogP contribution in [0.2, 0.25) is 0 Å². The molecular formula is C16H12Cl. The monoisotopic (exact) mass is 239 g/mol. The van der Waals surface area contributed by atoms with Gasteiger partial charge >= 0.3 is 0 Å². The second kappa shape index (κ2) is 4.05. The van der Waals surface area contributed by atoms with Gasteiger partial charge < -0.3 is 0 Å². The Bertz CT molecular complexity index is 641. The first-order valence-electron chi connectivity index (χ1n) is 5.63.